The molecule has 0 spiro atoms. The summed E-state index contributed by atoms with van der Waals surface area (Å²) in [4.78, 5) is 22.0. The van der Waals surface area contributed by atoms with E-state index in [0.717, 1.165) is 18.3 Å². The van der Waals surface area contributed by atoms with E-state index in [1.165, 1.54) is 25.7 Å². The van der Waals surface area contributed by atoms with Crippen molar-refractivity contribution in [1.29, 1.82) is 0 Å². The molecule has 0 aromatic rings. The van der Waals surface area contributed by atoms with E-state index < -0.39 is 11.4 Å². The van der Waals surface area contributed by atoms with Crippen LogP contribution in [0.4, 0.5) is 0 Å². The lowest BCUT2D eigenvalue weighted by Gasteiger charge is -2.18. The lowest BCUT2D eigenvalue weighted by Crippen LogP contribution is -2.34. The first kappa shape index (κ1) is 14.1. The Kier molecular flexibility index (Phi) is 3.61. The Bertz CT molecular complexity index is 419. The monoisotopic (exact) mass is 280 g/mol. The van der Waals surface area contributed by atoms with Crippen LogP contribution in [0, 0.1) is 29.1 Å². The molecule has 4 bridgehead atoms. The number of carboxylic acids is 1. The van der Waals surface area contributed by atoms with Crippen LogP contribution in [0.15, 0.2) is 0 Å². The highest BCUT2D eigenvalue weighted by Crippen LogP contribution is 2.51. The van der Waals surface area contributed by atoms with Gasteiger partial charge in [-0.15, -0.1) is 0 Å². The fourth-order valence-electron chi connectivity index (χ4n) is 4.95. The van der Waals surface area contributed by atoms with Gasteiger partial charge >= 0.3 is 5.97 Å². The van der Waals surface area contributed by atoms with Crippen LogP contribution >= 0.6 is 0 Å². The van der Waals surface area contributed by atoms with Gasteiger partial charge in [0, 0.05) is 13.0 Å². The average molecular weight is 280 g/mol. The van der Waals surface area contributed by atoms with Crippen LogP contribution in [0.2, 0.25) is 0 Å². The molecule has 5 unspecified atom stereocenters. The van der Waals surface area contributed by atoms with E-state index in [1.807, 2.05) is 0 Å². The molecule has 20 heavy (non-hydrogen) atoms. The van der Waals surface area contributed by atoms with E-state index in [1.54, 1.807) is 0 Å². The Morgan fingerprint density at radius 1 is 1.20 bits per heavy atom. The number of hydrogen-bond acceptors (Lipinski definition) is 3. The summed E-state index contributed by atoms with van der Waals surface area (Å²) < 4.78 is 0. The minimum atomic E-state index is -0.954. The highest BCUT2D eigenvalue weighted by molar-refractivity contribution is 6.05. The topological polar surface area (TPSA) is 74.6 Å². The van der Waals surface area contributed by atoms with E-state index >= 15 is 0 Å². The molecule has 0 heterocycles. The number of aliphatic hydroxyl groups is 1. The van der Waals surface area contributed by atoms with E-state index in [2.05, 4.69) is 0 Å². The van der Waals surface area contributed by atoms with Crippen molar-refractivity contribution in [1.82, 2.24) is 0 Å². The van der Waals surface area contributed by atoms with Gasteiger partial charge < -0.3 is 10.2 Å². The van der Waals surface area contributed by atoms with Gasteiger partial charge in [-0.2, -0.15) is 0 Å². The molecular formula is C16H24O4. The van der Waals surface area contributed by atoms with Gasteiger partial charge in [0.15, 0.2) is 0 Å². The maximum Gasteiger partial charge on any atom is 0.317 e. The normalized spacial score (nSPS) is 44.5. The second kappa shape index (κ2) is 5.14. The highest BCUT2D eigenvalue weighted by atomic mass is 16.4. The van der Waals surface area contributed by atoms with E-state index in [9.17, 15) is 9.59 Å². The van der Waals surface area contributed by atoms with Gasteiger partial charge in [-0.3, -0.25) is 9.59 Å². The summed E-state index contributed by atoms with van der Waals surface area (Å²) >= 11 is 0. The zero-order valence-corrected chi connectivity index (χ0v) is 11.9. The Morgan fingerprint density at radius 2 is 2.00 bits per heavy atom. The molecule has 0 amide bonds. The second-order valence-electron chi connectivity index (χ2n) is 7.24. The van der Waals surface area contributed by atoms with Gasteiger partial charge in [0.05, 0.1) is 0 Å². The first-order valence-electron chi connectivity index (χ1n) is 7.92. The maximum atomic E-state index is 11.2. The van der Waals surface area contributed by atoms with Gasteiger partial charge in [-0.1, -0.05) is 6.42 Å². The zero-order valence-electron chi connectivity index (χ0n) is 11.9. The molecule has 0 aromatic heterocycles. The van der Waals surface area contributed by atoms with Gasteiger partial charge in [0.25, 0.3) is 0 Å². The number of carbonyl (C=O) groups excluding carboxylic acids is 1. The van der Waals surface area contributed by atoms with Crippen molar-refractivity contribution in [2.75, 3.05) is 6.61 Å². The van der Waals surface area contributed by atoms with Crippen molar-refractivity contribution < 1.29 is 19.8 Å². The van der Waals surface area contributed by atoms with Crippen molar-refractivity contribution in [3.63, 3.8) is 0 Å². The van der Waals surface area contributed by atoms with Crippen molar-refractivity contribution in [3.8, 4) is 0 Å². The van der Waals surface area contributed by atoms with E-state index in [4.69, 9.17) is 10.2 Å². The zero-order chi connectivity index (χ0) is 14.3. The molecule has 4 heteroatoms. The molecule has 0 aliphatic heterocycles. The summed E-state index contributed by atoms with van der Waals surface area (Å²) in [5.41, 5.74) is -0.954. The van der Waals surface area contributed by atoms with Crippen LogP contribution in [-0.2, 0) is 9.59 Å². The Balaban J connectivity index is 0.000000123. The molecule has 0 radical (unpaired) electrons. The fourth-order valence-corrected chi connectivity index (χ4v) is 4.95. The Morgan fingerprint density at radius 3 is 2.30 bits per heavy atom. The SMILES string of the molecule is O=C(O)C12CCC(CC1=O)C2.OCC1CC2CCC1C2. The first-order valence-corrected chi connectivity index (χ1v) is 7.92. The summed E-state index contributed by atoms with van der Waals surface area (Å²) in [7, 11) is 0. The van der Waals surface area contributed by atoms with Crippen LogP contribution in [0.25, 0.3) is 0 Å². The lowest BCUT2D eigenvalue weighted by molar-refractivity contribution is -0.153. The number of ketones is 1. The van der Waals surface area contributed by atoms with Gasteiger partial charge in [0.2, 0.25) is 0 Å². The van der Waals surface area contributed by atoms with Gasteiger partial charge in [-0.25, -0.2) is 0 Å². The van der Waals surface area contributed by atoms with E-state index in [0.29, 0.717) is 37.7 Å². The smallest absolute Gasteiger partial charge is 0.317 e. The number of aliphatic carboxylic acids is 1. The summed E-state index contributed by atoms with van der Waals surface area (Å²) in [6, 6.07) is 0. The third-order valence-electron chi connectivity index (χ3n) is 6.15. The molecule has 0 aromatic carbocycles. The predicted molar refractivity (Wildman–Crippen MR) is 73.1 cm³/mol. The third-order valence-corrected chi connectivity index (χ3v) is 6.15. The standard InChI is InChI=1S/C8H10O3.C8H14O/c9-6-3-5-1-2-8(6,4-5)7(10)11;9-5-8-4-6-1-2-7(8)3-6/h5H,1-4H2,(H,10,11);6-9H,1-5H2. The number of rotatable bonds is 2. The Labute approximate surface area is 119 Å². The molecule has 4 saturated carbocycles. The quantitative estimate of drug-likeness (QED) is 0.761. The van der Waals surface area contributed by atoms with Gasteiger partial charge in [0.1, 0.15) is 11.2 Å². The second-order valence-corrected chi connectivity index (χ2v) is 7.24. The van der Waals surface area contributed by atoms with Crippen LogP contribution in [-0.4, -0.2) is 28.6 Å². The van der Waals surface area contributed by atoms with Crippen LogP contribution in [0.1, 0.15) is 51.4 Å². The molecular weight excluding hydrogens is 256 g/mol. The minimum Gasteiger partial charge on any atom is -0.480 e. The third kappa shape index (κ3) is 2.18. The molecule has 4 nitrogen and oxygen atoms in total. The highest BCUT2D eigenvalue weighted by Gasteiger charge is 2.56. The van der Waals surface area contributed by atoms with E-state index in [-0.39, 0.29) is 5.78 Å². The lowest BCUT2D eigenvalue weighted by atomic mass is 9.83. The first-order chi connectivity index (χ1) is 9.55. The molecule has 4 fully saturated rings. The minimum absolute atomic E-state index is 0.0405. The van der Waals surface area contributed by atoms with Gasteiger partial charge in [-0.05, 0) is 62.2 Å². The van der Waals surface area contributed by atoms with Crippen molar-refractivity contribution in [2.45, 2.75) is 51.4 Å². The Hall–Kier alpha value is -0.900. The summed E-state index contributed by atoms with van der Waals surface area (Å²) in [5, 5.41) is 17.7. The molecule has 4 rings (SSSR count). The molecule has 112 valence electrons. The number of carbonyl (C=O) groups is 2. The van der Waals surface area contributed by atoms with Crippen molar-refractivity contribution in [3.05, 3.63) is 0 Å². The largest absolute Gasteiger partial charge is 0.480 e. The van der Waals surface area contributed by atoms with Crippen molar-refractivity contribution in [2.24, 2.45) is 29.1 Å². The summed E-state index contributed by atoms with van der Waals surface area (Å²) in [5.74, 6) is 2.01. The summed E-state index contributed by atoms with van der Waals surface area (Å²) in [6.07, 6.45) is 8.20. The molecule has 4 aliphatic rings. The maximum absolute atomic E-state index is 11.2. The number of aliphatic hydroxyl groups excluding tert-OH is 1. The van der Waals surface area contributed by atoms with Crippen molar-refractivity contribution >= 4 is 11.8 Å². The van der Waals surface area contributed by atoms with Crippen LogP contribution in [0.3, 0.4) is 0 Å². The molecule has 2 N–H and O–H groups in total. The van der Waals surface area contributed by atoms with Crippen LogP contribution in [0.5, 0.6) is 0 Å². The fraction of sp³-hybridized carbons (Fsp3) is 0.875. The predicted octanol–water partition coefficient (Wildman–Crippen LogP) is 2.25. The molecule has 5 atom stereocenters. The molecule has 4 aliphatic carbocycles. The number of Topliss-reactive ketones (excluding diaryl/α,β-unsaturated/α-hetero) is 1. The summed E-state index contributed by atoms with van der Waals surface area (Å²) in [6.45, 7) is 0.446. The van der Waals surface area contributed by atoms with Crippen LogP contribution < -0.4 is 0 Å². The number of carboxylic acid groups (broad SMARTS) is 1. The molecule has 0 saturated heterocycles. The number of hydrogen-bond donors (Lipinski definition) is 2. The number of fused-ring (bicyclic) bond motifs is 4. The average Bonchev–Trinajstić information content (AvgIpc) is 3.18.